The minimum atomic E-state index is -1.03. The van der Waals surface area contributed by atoms with Crippen molar-refractivity contribution >= 4 is 16.9 Å². The number of hydrogen-bond acceptors (Lipinski definition) is 3. The van der Waals surface area contributed by atoms with Crippen LogP contribution in [0.2, 0.25) is 0 Å². The van der Waals surface area contributed by atoms with Crippen LogP contribution in [0.25, 0.3) is 10.9 Å². The van der Waals surface area contributed by atoms with Gasteiger partial charge in [-0.05, 0) is 25.0 Å². The van der Waals surface area contributed by atoms with Crippen LogP contribution in [0, 0.1) is 0 Å². The van der Waals surface area contributed by atoms with Crippen molar-refractivity contribution in [3.63, 3.8) is 0 Å². The average Bonchev–Trinajstić information content (AvgIpc) is 2.42. The average molecular weight is 257 g/mol. The predicted octanol–water partition coefficient (Wildman–Crippen LogP) is 3.28. The fourth-order valence-electron chi connectivity index (χ4n) is 1.76. The molecule has 0 aliphatic carbocycles. The molecule has 0 aliphatic rings. The highest BCUT2D eigenvalue weighted by Crippen LogP contribution is 2.22. The number of benzene rings is 1. The normalized spacial score (nSPS) is 10.3. The van der Waals surface area contributed by atoms with Gasteiger partial charge in [-0.25, -0.2) is 9.78 Å². The number of unbranched alkanes of at least 4 members (excludes halogenated alkanes) is 1. The first-order valence-corrected chi connectivity index (χ1v) is 6.09. The smallest absolute Gasteiger partial charge is 0.341 e. The molecule has 19 heavy (non-hydrogen) atoms. The van der Waals surface area contributed by atoms with Crippen LogP contribution < -0.4 is 4.74 Å². The van der Waals surface area contributed by atoms with E-state index in [1.54, 1.807) is 12.1 Å². The molecule has 0 bridgehead atoms. The third-order valence-electron chi connectivity index (χ3n) is 2.71. The number of allylic oxidation sites excluding steroid dienone is 1. The van der Waals surface area contributed by atoms with Gasteiger partial charge in [-0.1, -0.05) is 24.3 Å². The maximum Gasteiger partial charge on any atom is 0.341 e. The molecule has 0 saturated carbocycles. The number of carboxylic acid groups (broad SMARTS) is 1. The van der Waals surface area contributed by atoms with E-state index in [1.165, 1.54) is 0 Å². The number of nitrogens with zero attached hydrogens (tertiary/aromatic N) is 1. The van der Waals surface area contributed by atoms with Crippen molar-refractivity contribution in [2.24, 2.45) is 0 Å². The van der Waals surface area contributed by atoms with Crippen LogP contribution in [0.4, 0.5) is 0 Å². The molecule has 4 heteroatoms. The number of aromatic carboxylic acids is 1. The summed E-state index contributed by atoms with van der Waals surface area (Å²) in [4.78, 5) is 15.5. The van der Waals surface area contributed by atoms with Gasteiger partial charge in [-0.15, -0.1) is 6.58 Å². The summed E-state index contributed by atoms with van der Waals surface area (Å²) in [6.45, 7) is 4.05. The van der Waals surface area contributed by atoms with Gasteiger partial charge in [-0.2, -0.15) is 0 Å². The molecule has 1 N–H and O–H groups in total. The number of para-hydroxylation sites is 1. The van der Waals surface area contributed by atoms with Crippen molar-refractivity contribution in [2.75, 3.05) is 6.61 Å². The number of rotatable bonds is 6. The van der Waals surface area contributed by atoms with Crippen molar-refractivity contribution in [3.05, 3.63) is 48.6 Å². The van der Waals surface area contributed by atoms with Gasteiger partial charge in [0.25, 0.3) is 0 Å². The quantitative estimate of drug-likeness (QED) is 0.637. The first kappa shape index (κ1) is 13.1. The van der Waals surface area contributed by atoms with Crippen LogP contribution in [0.3, 0.4) is 0 Å². The van der Waals surface area contributed by atoms with E-state index < -0.39 is 5.97 Å². The second kappa shape index (κ2) is 6.00. The number of fused-ring (bicyclic) bond motifs is 1. The summed E-state index contributed by atoms with van der Waals surface area (Å²) in [5.74, 6) is -0.854. The Balaban J connectivity index is 2.31. The number of carboxylic acids is 1. The lowest BCUT2D eigenvalue weighted by Crippen LogP contribution is -2.06. The summed E-state index contributed by atoms with van der Waals surface area (Å²) in [6.07, 6.45) is 3.42. The Labute approximate surface area is 111 Å². The van der Waals surface area contributed by atoms with E-state index in [9.17, 15) is 9.90 Å². The Morgan fingerprint density at radius 1 is 1.42 bits per heavy atom. The molecule has 4 nitrogen and oxygen atoms in total. The Hall–Kier alpha value is -2.36. The van der Waals surface area contributed by atoms with Crippen LogP contribution in [0.1, 0.15) is 23.2 Å². The highest BCUT2D eigenvalue weighted by molar-refractivity contribution is 5.95. The van der Waals surface area contributed by atoms with E-state index >= 15 is 0 Å². The standard InChI is InChI=1S/C15H15NO3/c1-2-3-6-9-19-14-12(15(17)18)10-11-7-4-5-8-13(11)16-14/h2,4-5,7-8,10H,1,3,6,9H2,(H,17,18). The second-order valence-electron chi connectivity index (χ2n) is 4.12. The maximum absolute atomic E-state index is 11.2. The van der Waals surface area contributed by atoms with Crippen molar-refractivity contribution < 1.29 is 14.6 Å². The van der Waals surface area contributed by atoms with Crippen molar-refractivity contribution in [1.82, 2.24) is 4.98 Å². The lowest BCUT2D eigenvalue weighted by atomic mass is 10.1. The van der Waals surface area contributed by atoms with E-state index in [1.807, 2.05) is 24.3 Å². The van der Waals surface area contributed by atoms with Gasteiger partial charge < -0.3 is 9.84 Å². The molecule has 0 saturated heterocycles. The largest absolute Gasteiger partial charge is 0.477 e. The van der Waals surface area contributed by atoms with Gasteiger partial charge in [-0.3, -0.25) is 0 Å². The van der Waals surface area contributed by atoms with Gasteiger partial charge in [0.1, 0.15) is 5.56 Å². The number of ether oxygens (including phenoxy) is 1. The number of aromatic nitrogens is 1. The highest BCUT2D eigenvalue weighted by atomic mass is 16.5. The van der Waals surface area contributed by atoms with E-state index in [-0.39, 0.29) is 11.4 Å². The summed E-state index contributed by atoms with van der Waals surface area (Å²) in [5.41, 5.74) is 0.823. The van der Waals surface area contributed by atoms with Gasteiger partial charge in [0.05, 0.1) is 12.1 Å². The molecule has 1 aromatic carbocycles. The lowest BCUT2D eigenvalue weighted by Gasteiger charge is -2.09. The molecule has 2 rings (SSSR count). The minimum Gasteiger partial charge on any atom is -0.477 e. The molecule has 0 spiro atoms. The molecule has 0 aliphatic heterocycles. The first-order valence-electron chi connectivity index (χ1n) is 6.09. The van der Waals surface area contributed by atoms with Crippen molar-refractivity contribution in [3.8, 4) is 5.88 Å². The molecule has 2 aromatic rings. The number of pyridine rings is 1. The predicted molar refractivity (Wildman–Crippen MR) is 73.6 cm³/mol. The molecule has 0 fully saturated rings. The lowest BCUT2D eigenvalue weighted by molar-refractivity contribution is 0.0691. The summed E-state index contributed by atoms with van der Waals surface area (Å²) in [6, 6.07) is 8.96. The summed E-state index contributed by atoms with van der Waals surface area (Å²) in [5, 5.41) is 9.98. The Morgan fingerprint density at radius 2 is 2.21 bits per heavy atom. The van der Waals surface area contributed by atoms with E-state index in [4.69, 9.17) is 4.74 Å². The zero-order valence-electron chi connectivity index (χ0n) is 10.5. The van der Waals surface area contributed by atoms with Crippen LogP contribution in [-0.2, 0) is 0 Å². The molecular formula is C15H15NO3. The first-order chi connectivity index (χ1) is 9.22. The van der Waals surface area contributed by atoms with Crippen LogP contribution in [0.15, 0.2) is 43.0 Å². The highest BCUT2D eigenvalue weighted by Gasteiger charge is 2.14. The van der Waals surface area contributed by atoms with Crippen molar-refractivity contribution in [2.45, 2.75) is 12.8 Å². The SMILES string of the molecule is C=CCCCOc1nc2ccccc2cc1C(=O)O. The monoisotopic (exact) mass is 257 g/mol. The van der Waals surface area contributed by atoms with E-state index in [2.05, 4.69) is 11.6 Å². The molecular weight excluding hydrogens is 242 g/mol. The number of carbonyl (C=O) groups is 1. The van der Waals surface area contributed by atoms with Gasteiger partial charge in [0, 0.05) is 5.39 Å². The molecule has 1 aromatic heterocycles. The third kappa shape index (κ3) is 3.10. The summed E-state index contributed by atoms with van der Waals surface area (Å²) < 4.78 is 5.47. The van der Waals surface area contributed by atoms with Crippen molar-refractivity contribution in [1.29, 1.82) is 0 Å². The van der Waals surface area contributed by atoms with Crippen LogP contribution in [-0.4, -0.2) is 22.7 Å². The Morgan fingerprint density at radius 3 is 2.95 bits per heavy atom. The molecule has 0 amide bonds. The molecule has 0 unspecified atom stereocenters. The molecule has 98 valence electrons. The zero-order valence-corrected chi connectivity index (χ0v) is 10.5. The van der Waals surface area contributed by atoms with Gasteiger partial charge in [0.2, 0.25) is 5.88 Å². The molecule has 0 radical (unpaired) electrons. The van der Waals surface area contributed by atoms with Crippen LogP contribution >= 0.6 is 0 Å². The Kier molecular flexibility index (Phi) is 4.13. The van der Waals surface area contributed by atoms with Crippen LogP contribution in [0.5, 0.6) is 5.88 Å². The zero-order chi connectivity index (χ0) is 13.7. The summed E-state index contributed by atoms with van der Waals surface area (Å²) in [7, 11) is 0. The van der Waals surface area contributed by atoms with E-state index in [0.29, 0.717) is 6.61 Å². The third-order valence-corrected chi connectivity index (χ3v) is 2.71. The van der Waals surface area contributed by atoms with E-state index in [0.717, 1.165) is 23.7 Å². The maximum atomic E-state index is 11.2. The summed E-state index contributed by atoms with van der Waals surface area (Å²) >= 11 is 0. The fraction of sp³-hybridized carbons (Fsp3) is 0.200. The second-order valence-corrected chi connectivity index (χ2v) is 4.12. The molecule has 0 atom stereocenters. The number of hydrogen-bond donors (Lipinski definition) is 1. The molecule has 1 heterocycles. The Bertz CT molecular complexity index is 607. The topological polar surface area (TPSA) is 59.4 Å². The van der Waals surface area contributed by atoms with Gasteiger partial charge >= 0.3 is 5.97 Å². The minimum absolute atomic E-state index is 0.0947. The fourth-order valence-corrected chi connectivity index (χ4v) is 1.76. The van der Waals surface area contributed by atoms with Gasteiger partial charge in [0.15, 0.2) is 0 Å².